The standard InChI is InChI=1S/C20H27N5O2/c1-21-19(27)20(23-17-10-13-22-24(17)2)11-14-25(15-12-20)18(26)9-8-16-6-4-3-5-7-16/h3-7,10,13,23H,8-9,11-12,14-15H2,1-2H3,(H,21,27). The Morgan fingerprint density at radius 2 is 1.85 bits per heavy atom. The van der Waals surface area contributed by atoms with E-state index in [9.17, 15) is 9.59 Å². The molecule has 0 radical (unpaired) electrons. The number of amides is 2. The molecule has 1 saturated heterocycles. The van der Waals surface area contributed by atoms with Crippen LogP contribution in [0.15, 0.2) is 42.6 Å². The molecule has 1 fully saturated rings. The highest BCUT2D eigenvalue weighted by Gasteiger charge is 2.42. The minimum atomic E-state index is -0.723. The third-order valence-corrected chi connectivity index (χ3v) is 5.29. The first-order chi connectivity index (χ1) is 13.0. The van der Waals surface area contributed by atoms with Crippen molar-refractivity contribution in [3.63, 3.8) is 0 Å². The van der Waals surface area contributed by atoms with Crippen molar-refractivity contribution in [2.75, 3.05) is 25.5 Å². The molecule has 1 aliphatic heterocycles. The van der Waals surface area contributed by atoms with E-state index in [1.807, 2.05) is 48.3 Å². The molecular weight excluding hydrogens is 342 g/mol. The van der Waals surface area contributed by atoms with Gasteiger partial charge in [0.1, 0.15) is 11.4 Å². The first kappa shape index (κ1) is 18.9. The molecule has 27 heavy (non-hydrogen) atoms. The van der Waals surface area contributed by atoms with Crippen LogP contribution in [0, 0.1) is 0 Å². The van der Waals surface area contributed by atoms with Crippen LogP contribution in [0.1, 0.15) is 24.8 Å². The number of carbonyl (C=O) groups excluding carboxylic acids is 2. The number of rotatable bonds is 6. The number of likely N-dealkylation sites (N-methyl/N-ethyl adjacent to an activating group) is 1. The van der Waals surface area contributed by atoms with E-state index in [0.29, 0.717) is 32.4 Å². The van der Waals surface area contributed by atoms with Gasteiger partial charge in [-0.15, -0.1) is 0 Å². The SMILES string of the molecule is CNC(=O)C1(Nc2ccnn2C)CCN(C(=O)CCc2ccccc2)CC1. The molecule has 2 heterocycles. The van der Waals surface area contributed by atoms with Gasteiger partial charge in [0.15, 0.2) is 0 Å². The molecule has 0 aliphatic carbocycles. The van der Waals surface area contributed by atoms with Gasteiger partial charge in [-0.1, -0.05) is 30.3 Å². The number of likely N-dealkylation sites (tertiary alicyclic amines) is 1. The molecule has 7 heteroatoms. The third-order valence-electron chi connectivity index (χ3n) is 5.29. The van der Waals surface area contributed by atoms with Gasteiger partial charge in [0, 0.05) is 39.7 Å². The Labute approximate surface area is 159 Å². The molecule has 2 N–H and O–H groups in total. The number of piperidine rings is 1. The molecule has 3 rings (SSSR count). The Kier molecular flexibility index (Phi) is 5.78. The van der Waals surface area contributed by atoms with Crippen molar-refractivity contribution in [3.8, 4) is 0 Å². The zero-order valence-corrected chi connectivity index (χ0v) is 15.9. The smallest absolute Gasteiger partial charge is 0.245 e. The van der Waals surface area contributed by atoms with Crippen LogP contribution >= 0.6 is 0 Å². The molecule has 7 nitrogen and oxygen atoms in total. The highest BCUT2D eigenvalue weighted by molar-refractivity contribution is 5.89. The maximum Gasteiger partial charge on any atom is 0.245 e. The lowest BCUT2D eigenvalue weighted by Gasteiger charge is -2.41. The van der Waals surface area contributed by atoms with E-state index in [1.54, 1.807) is 17.9 Å². The molecular formula is C20H27N5O2. The van der Waals surface area contributed by atoms with Gasteiger partial charge >= 0.3 is 0 Å². The Morgan fingerprint density at radius 3 is 2.44 bits per heavy atom. The molecule has 2 aromatic rings. The van der Waals surface area contributed by atoms with Crippen molar-refractivity contribution in [2.45, 2.75) is 31.2 Å². The number of nitrogens with zero attached hydrogens (tertiary/aromatic N) is 3. The Bertz CT molecular complexity index is 779. The van der Waals surface area contributed by atoms with Gasteiger partial charge in [0.05, 0.1) is 6.20 Å². The van der Waals surface area contributed by atoms with Gasteiger partial charge in [-0.2, -0.15) is 5.10 Å². The summed E-state index contributed by atoms with van der Waals surface area (Å²) in [5.41, 5.74) is 0.444. The van der Waals surface area contributed by atoms with Crippen LogP contribution in [0.3, 0.4) is 0 Å². The first-order valence-electron chi connectivity index (χ1n) is 9.34. The summed E-state index contributed by atoms with van der Waals surface area (Å²) in [6, 6.07) is 11.9. The summed E-state index contributed by atoms with van der Waals surface area (Å²) >= 11 is 0. The second-order valence-electron chi connectivity index (χ2n) is 6.99. The fourth-order valence-electron chi connectivity index (χ4n) is 3.58. The molecule has 0 spiro atoms. The summed E-state index contributed by atoms with van der Waals surface area (Å²) in [4.78, 5) is 27.1. The van der Waals surface area contributed by atoms with Crippen molar-refractivity contribution in [3.05, 3.63) is 48.2 Å². The van der Waals surface area contributed by atoms with Gasteiger partial charge in [-0.25, -0.2) is 0 Å². The fourth-order valence-corrected chi connectivity index (χ4v) is 3.58. The third kappa shape index (κ3) is 4.30. The highest BCUT2D eigenvalue weighted by Crippen LogP contribution is 2.28. The van der Waals surface area contributed by atoms with Crippen molar-refractivity contribution in [2.24, 2.45) is 7.05 Å². The van der Waals surface area contributed by atoms with Crippen LogP contribution < -0.4 is 10.6 Å². The molecule has 0 atom stereocenters. The molecule has 0 unspecified atom stereocenters. The van der Waals surface area contributed by atoms with E-state index in [2.05, 4.69) is 15.7 Å². The number of benzene rings is 1. The molecule has 1 aliphatic rings. The predicted octanol–water partition coefficient (Wildman–Crippen LogP) is 1.57. The van der Waals surface area contributed by atoms with Crippen LogP contribution in [-0.4, -0.2) is 52.2 Å². The lowest BCUT2D eigenvalue weighted by Crippen LogP contribution is -2.58. The molecule has 1 aromatic heterocycles. The number of hydrogen-bond acceptors (Lipinski definition) is 4. The second-order valence-corrected chi connectivity index (χ2v) is 6.99. The van der Waals surface area contributed by atoms with Crippen molar-refractivity contribution >= 4 is 17.6 Å². The summed E-state index contributed by atoms with van der Waals surface area (Å²) in [5.74, 6) is 0.882. The number of anilines is 1. The lowest BCUT2D eigenvalue weighted by atomic mass is 9.86. The lowest BCUT2D eigenvalue weighted by molar-refractivity contribution is -0.135. The second kappa shape index (κ2) is 8.24. The maximum absolute atomic E-state index is 12.6. The average Bonchev–Trinajstić information content (AvgIpc) is 3.11. The Morgan fingerprint density at radius 1 is 1.15 bits per heavy atom. The Balaban J connectivity index is 1.61. The van der Waals surface area contributed by atoms with E-state index < -0.39 is 5.54 Å². The number of carbonyl (C=O) groups is 2. The van der Waals surface area contributed by atoms with Gasteiger partial charge in [-0.05, 0) is 24.8 Å². The minimum Gasteiger partial charge on any atom is -0.357 e. The van der Waals surface area contributed by atoms with E-state index in [1.165, 1.54) is 5.56 Å². The average molecular weight is 369 g/mol. The molecule has 144 valence electrons. The molecule has 2 amide bonds. The summed E-state index contributed by atoms with van der Waals surface area (Å²) in [6.45, 7) is 1.12. The molecule has 0 saturated carbocycles. The van der Waals surface area contributed by atoms with Crippen LogP contribution in [0.2, 0.25) is 0 Å². The monoisotopic (exact) mass is 369 g/mol. The summed E-state index contributed by atoms with van der Waals surface area (Å²) < 4.78 is 1.71. The van der Waals surface area contributed by atoms with Crippen molar-refractivity contribution < 1.29 is 9.59 Å². The van der Waals surface area contributed by atoms with Gasteiger partial charge < -0.3 is 15.5 Å². The normalized spacial score (nSPS) is 16.0. The van der Waals surface area contributed by atoms with E-state index >= 15 is 0 Å². The van der Waals surface area contributed by atoms with Crippen LogP contribution in [0.4, 0.5) is 5.82 Å². The number of nitrogens with one attached hydrogen (secondary N) is 2. The van der Waals surface area contributed by atoms with Gasteiger partial charge in [0.2, 0.25) is 11.8 Å². The molecule has 1 aromatic carbocycles. The van der Waals surface area contributed by atoms with Crippen LogP contribution in [-0.2, 0) is 23.1 Å². The van der Waals surface area contributed by atoms with Crippen LogP contribution in [0.25, 0.3) is 0 Å². The Hall–Kier alpha value is -2.83. The van der Waals surface area contributed by atoms with E-state index in [-0.39, 0.29) is 11.8 Å². The number of hydrogen-bond donors (Lipinski definition) is 2. The highest BCUT2D eigenvalue weighted by atomic mass is 16.2. The fraction of sp³-hybridized carbons (Fsp3) is 0.450. The summed E-state index contributed by atoms with van der Waals surface area (Å²) in [5, 5.41) is 10.3. The zero-order valence-electron chi connectivity index (χ0n) is 15.9. The quantitative estimate of drug-likeness (QED) is 0.810. The van der Waals surface area contributed by atoms with Crippen molar-refractivity contribution in [1.82, 2.24) is 20.0 Å². The topological polar surface area (TPSA) is 79.3 Å². The van der Waals surface area contributed by atoms with Crippen LogP contribution in [0.5, 0.6) is 0 Å². The minimum absolute atomic E-state index is 0.0555. The van der Waals surface area contributed by atoms with Gasteiger partial charge in [0.25, 0.3) is 0 Å². The largest absolute Gasteiger partial charge is 0.357 e. The van der Waals surface area contributed by atoms with Gasteiger partial charge in [-0.3, -0.25) is 14.3 Å². The van der Waals surface area contributed by atoms with Crippen molar-refractivity contribution in [1.29, 1.82) is 0 Å². The number of aromatic nitrogens is 2. The zero-order chi connectivity index (χ0) is 19.3. The van der Waals surface area contributed by atoms with E-state index in [4.69, 9.17) is 0 Å². The first-order valence-corrected chi connectivity index (χ1v) is 9.34. The summed E-state index contributed by atoms with van der Waals surface area (Å²) in [7, 11) is 3.48. The molecule has 0 bridgehead atoms. The number of aryl methyl sites for hydroxylation is 2. The summed E-state index contributed by atoms with van der Waals surface area (Å²) in [6.07, 6.45) is 4.06. The van der Waals surface area contributed by atoms with E-state index in [0.717, 1.165) is 12.2 Å². The predicted molar refractivity (Wildman–Crippen MR) is 104 cm³/mol. The maximum atomic E-state index is 12.6.